The molecule has 0 aliphatic carbocycles. The van der Waals surface area contributed by atoms with E-state index in [2.05, 4.69) is 5.32 Å². The Kier molecular flexibility index (Phi) is 4.65. The van der Waals surface area contributed by atoms with E-state index >= 15 is 0 Å². The van der Waals surface area contributed by atoms with Crippen molar-refractivity contribution < 1.29 is 18.3 Å². The molecule has 1 N–H and O–H groups in total. The molecule has 0 aliphatic rings. The summed E-state index contributed by atoms with van der Waals surface area (Å²) in [4.78, 5) is 11.7. The summed E-state index contributed by atoms with van der Waals surface area (Å²) in [5, 5.41) is 2.62. The zero-order valence-corrected chi connectivity index (χ0v) is 10.6. The molecule has 0 heterocycles. The van der Waals surface area contributed by atoms with Crippen LogP contribution in [0.4, 0.5) is 8.78 Å². The van der Waals surface area contributed by atoms with Crippen molar-refractivity contribution >= 4 is 5.91 Å². The molecule has 104 valence electrons. The minimum atomic E-state index is -0.393. The molecule has 0 atom stereocenters. The average Bonchev–Trinajstić information content (AvgIpc) is 2.44. The number of benzene rings is 2. The van der Waals surface area contributed by atoms with Gasteiger partial charge < -0.3 is 10.1 Å². The summed E-state index contributed by atoms with van der Waals surface area (Å²) in [7, 11) is 0. The van der Waals surface area contributed by atoms with Crippen LogP contribution in [-0.2, 0) is 0 Å². The van der Waals surface area contributed by atoms with Crippen molar-refractivity contribution in [2.45, 2.75) is 0 Å². The fraction of sp³-hybridized carbons (Fsp3) is 0.133. The minimum Gasteiger partial charge on any atom is -0.492 e. The summed E-state index contributed by atoms with van der Waals surface area (Å²) in [6.45, 7) is 0.489. The molecular weight excluding hydrogens is 264 g/mol. The number of ether oxygens (including phenoxy) is 1. The standard InChI is InChI=1S/C15H13F2NO2/c16-12-6-4-11(5-7-12)15(19)18-8-9-20-14-3-1-2-13(17)10-14/h1-7,10H,8-9H2,(H,18,19). The van der Waals surface area contributed by atoms with Crippen molar-refractivity contribution in [2.75, 3.05) is 13.2 Å². The molecule has 0 aromatic heterocycles. The highest BCUT2D eigenvalue weighted by molar-refractivity contribution is 5.94. The third-order valence-corrected chi connectivity index (χ3v) is 2.56. The second kappa shape index (κ2) is 6.65. The molecule has 0 fully saturated rings. The average molecular weight is 277 g/mol. The summed E-state index contributed by atoms with van der Waals surface area (Å²) in [6, 6.07) is 11.0. The number of rotatable bonds is 5. The molecular formula is C15H13F2NO2. The van der Waals surface area contributed by atoms with E-state index in [0.717, 1.165) is 0 Å². The molecule has 0 radical (unpaired) electrons. The van der Waals surface area contributed by atoms with E-state index in [9.17, 15) is 13.6 Å². The van der Waals surface area contributed by atoms with Crippen LogP contribution in [0.3, 0.4) is 0 Å². The molecule has 0 unspecified atom stereocenters. The quantitative estimate of drug-likeness (QED) is 0.853. The van der Waals surface area contributed by atoms with Crippen molar-refractivity contribution in [3.05, 3.63) is 65.7 Å². The molecule has 3 nitrogen and oxygen atoms in total. The van der Waals surface area contributed by atoms with Gasteiger partial charge in [0.25, 0.3) is 5.91 Å². The van der Waals surface area contributed by atoms with Crippen LogP contribution in [0, 0.1) is 11.6 Å². The van der Waals surface area contributed by atoms with E-state index in [1.165, 1.54) is 36.4 Å². The lowest BCUT2D eigenvalue weighted by Crippen LogP contribution is -2.28. The number of halogens is 2. The van der Waals surface area contributed by atoms with Crippen LogP contribution in [0.2, 0.25) is 0 Å². The predicted octanol–water partition coefficient (Wildman–Crippen LogP) is 2.77. The molecule has 0 saturated carbocycles. The van der Waals surface area contributed by atoms with Crippen LogP contribution in [0.15, 0.2) is 48.5 Å². The SMILES string of the molecule is O=C(NCCOc1cccc(F)c1)c1ccc(F)cc1. The molecule has 2 aromatic carbocycles. The van der Waals surface area contributed by atoms with Gasteiger partial charge in [-0.2, -0.15) is 0 Å². The van der Waals surface area contributed by atoms with Gasteiger partial charge in [0.05, 0.1) is 6.54 Å². The summed E-state index contributed by atoms with van der Waals surface area (Å²) >= 11 is 0. The van der Waals surface area contributed by atoms with E-state index in [-0.39, 0.29) is 24.9 Å². The topological polar surface area (TPSA) is 38.3 Å². The van der Waals surface area contributed by atoms with Crippen molar-refractivity contribution in [1.82, 2.24) is 5.32 Å². The second-order valence-electron chi connectivity index (χ2n) is 4.07. The van der Waals surface area contributed by atoms with Crippen LogP contribution in [0.5, 0.6) is 5.75 Å². The first-order valence-electron chi connectivity index (χ1n) is 6.07. The largest absolute Gasteiger partial charge is 0.492 e. The lowest BCUT2D eigenvalue weighted by molar-refractivity contribution is 0.0947. The van der Waals surface area contributed by atoms with E-state index in [1.807, 2.05) is 0 Å². The maximum Gasteiger partial charge on any atom is 0.251 e. The van der Waals surface area contributed by atoms with Crippen LogP contribution in [0.1, 0.15) is 10.4 Å². The normalized spacial score (nSPS) is 10.1. The summed E-state index contributed by atoms with van der Waals surface area (Å²) in [5.41, 5.74) is 0.372. The van der Waals surface area contributed by atoms with Gasteiger partial charge in [0.1, 0.15) is 24.0 Å². The maximum absolute atomic E-state index is 12.9. The molecule has 2 aromatic rings. The summed E-state index contributed by atoms with van der Waals surface area (Å²) in [5.74, 6) is -0.678. The number of nitrogens with one attached hydrogen (secondary N) is 1. The molecule has 5 heteroatoms. The Balaban J connectivity index is 1.76. The highest BCUT2D eigenvalue weighted by Crippen LogP contribution is 2.11. The van der Waals surface area contributed by atoms with E-state index in [1.54, 1.807) is 12.1 Å². The van der Waals surface area contributed by atoms with Gasteiger partial charge in [-0.25, -0.2) is 8.78 Å². The van der Waals surface area contributed by atoms with Gasteiger partial charge >= 0.3 is 0 Å². The summed E-state index contributed by atoms with van der Waals surface area (Å²) in [6.07, 6.45) is 0. The predicted molar refractivity (Wildman–Crippen MR) is 70.6 cm³/mol. The molecule has 0 spiro atoms. The Morgan fingerprint density at radius 3 is 2.50 bits per heavy atom. The minimum absolute atomic E-state index is 0.219. The number of carbonyl (C=O) groups excluding carboxylic acids is 1. The highest BCUT2D eigenvalue weighted by atomic mass is 19.1. The zero-order valence-electron chi connectivity index (χ0n) is 10.6. The smallest absolute Gasteiger partial charge is 0.251 e. The zero-order chi connectivity index (χ0) is 14.4. The van der Waals surface area contributed by atoms with E-state index in [0.29, 0.717) is 11.3 Å². The fourth-order valence-corrected chi connectivity index (χ4v) is 1.59. The number of amides is 1. The molecule has 0 bridgehead atoms. The molecule has 0 saturated heterocycles. The molecule has 1 amide bonds. The third kappa shape index (κ3) is 4.05. The van der Waals surface area contributed by atoms with Crippen molar-refractivity contribution in [3.8, 4) is 5.75 Å². The second-order valence-corrected chi connectivity index (χ2v) is 4.07. The van der Waals surface area contributed by atoms with Gasteiger partial charge in [-0.3, -0.25) is 4.79 Å². The fourth-order valence-electron chi connectivity index (χ4n) is 1.59. The lowest BCUT2D eigenvalue weighted by atomic mass is 10.2. The Labute approximate surface area is 115 Å². The Hall–Kier alpha value is -2.43. The van der Waals surface area contributed by atoms with Gasteiger partial charge in [0.2, 0.25) is 0 Å². The summed E-state index contributed by atoms with van der Waals surface area (Å²) < 4.78 is 30.9. The maximum atomic E-state index is 12.9. The highest BCUT2D eigenvalue weighted by Gasteiger charge is 2.04. The van der Waals surface area contributed by atoms with Gasteiger partial charge in [-0.1, -0.05) is 6.07 Å². The first-order chi connectivity index (χ1) is 9.65. The van der Waals surface area contributed by atoms with Crippen LogP contribution in [0.25, 0.3) is 0 Å². The first-order valence-corrected chi connectivity index (χ1v) is 6.07. The Morgan fingerprint density at radius 2 is 1.80 bits per heavy atom. The monoisotopic (exact) mass is 277 g/mol. The third-order valence-electron chi connectivity index (χ3n) is 2.56. The van der Waals surface area contributed by atoms with E-state index < -0.39 is 5.82 Å². The van der Waals surface area contributed by atoms with Gasteiger partial charge in [0, 0.05) is 11.6 Å². The van der Waals surface area contributed by atoms with Crippen molar-refractivity contribution in [3.63, 3.8) is 0 Å². The Morgan fingerprint density at radius 1 is 1.05 bits per heavy atom. The molecule has 2 rings (SSSR count). The van der Waals surface area contributed by atoms with Crippen LogP contribution >= 0.6 is 0 Å². The van der Waals surface area contributed by atoms with Crippen molar-refractivity contribution in [1.29, 1.82) is 0 Å². The molecule has 0 aliphatic heterocycles. The number of hydrogen-bond acceptors (Lipinski definition) is 2. The van der Waals surface area contributed by atoms with Crippen molar-refractivity contribution in [2.24, 2.45) is 0 Å². The van der Waals surface area contributed by atoms with Gasteiger partial charge in [-0.15, -0.1) is 0 Å². The van der Waals surface area contributed by atoms with E-state index in [4.69, 9.17) is 4.74 Å². The van der Waals surface area contributed by atoms with Crippen LogP contribution in [-0.4, -0.2) is 19.1 Å². The number of carbonyl (C=O) groups is 1. The lowest BCUT2D eigenvalue weighted by Gasteiger charge is -2.07. The molecule has 20 heavy (non-hydrogen) atoms. The first kappa shape index (κ1) is 14.0. The van der Waals surface area contributed by atoms with Gasteiger partial charge in [-0.05, 0) is 36.4 Å². The van der Waals surface area contributed by atoms with Gasteiger partial charge in [0.15, 0.2) is 0 Å². The number of hydrogen-bond donors (Lipinski definition) is 1. The Bertz CT molecular complexity index is 585. The van der Waals surface area contributed by atoms with Crippen LogP contribution < -0.4 is 10.1 Å².